The monoisotopic (exact) mass is 628 g/mol. The number of benzene rings is 2. The number of amidine groups is 2. The number of carbonyl (C=O) groups is 2. The number of nitrogens with one attached hydrogen (secondary N) is 2. The fourth-order valence-corrected chi connectivity index (χ4v) is 5.38. The first-order valence-corrected chi connectivity index (χ1v) is 13.7. The van der Waals surface area contributed by atoms with Gasteiger partial charge in [-0.2, -0.15) is 0 Å². The van der Waals surface area contributed by atoms with E-state index in [-0.39, 0.29) is 60.3 Å². The fourth-order valence-electron chi connectivity index (χ4n) is 4.16. The average Bonchev–Trinajstić information content (AvgIpc) is 2.86. The van der Waals surface area contributed by atoms with Gasteiger partial charge in [-0.05, 0) is 36.8 Å². The molecule has 0 spiro atoms. The molecule has 12 nitrogen and oxygen atoms in total. The number of piperidine rings is 1. The number of hydrogen-bond acceptors (Lipinski definition) is 7. The van der Waals surface area contributed by atoms with E-state index in [9.17, 15) is 23.1 Å². The van der Waals surface area contributed by atoms with Crippen LogP contribution in [0.15, 0.2) is 48.5 Å². The summed E-state index contributed by atoms with van der Waals surface area (Å²) in [5.41, 5.74) is 12.3. The standard InChI is InChI=1S/C26H32N6O6S.2ClH/c1-17(27)31-12-9-21(10-13-31)38-23-8-7-20(15-22(23)26(30)35)32(39(36,37)16-24(33)34)11-3-5-18-4-2-6-19(14-18)25(28)29;;/h2-8,14-15,21,27H,9-13,16H2,1H3,(H3,28,29)(H2,30,35)(H,33,34);2*1H/b5-3+,27-17?;;. The normalized spacial score (nSPS) is 13.5. The van der Waals surface area contributed by atoms with Crippen LogP contribution in [-0.2, 0) is 14.8 Å². The zero-order valence-electron chi connectivity index (χ0n) is 22.3. The van der Waals surface area contributed by atoms with Crippen LogP contribution in [-0.4, -0.2) is 73.5 Å². The summed E-state index contributed by atoms with van der Waals surface area (Å²) in [6.45, 7) is 2.74. The van der Waals surface area contributed by atoms with Gasteiger partial charge in [0, 0.05) is 31.5 Å². The highest BCUT2D eigenvalue weighted by atomic mass is 35.5. The Morgan fingerprint density at radius 2 is 1.78 bits per heavy atom. The number of carboxylic acids is 1. The average molecular weight is 630 g/mol. The van der Waals surface area contributed by atoms with Crippen molar-refractivity contribution in [2.45, 2.75) is 25.9 Å². The van der Waals surface area contributed by atoms with Gasteiger partial charge in [0.2, 0.25) is 10.0 Å². The zero-order chi connectivity index (χ0) is 28.7. The Morgan fingerprint density at radius 1 is 1.12 bits per heavy atom. The van der Waals surface area contributed by atoms with Gasteiger partial charge in [-0.3, -0.25) is 24.7 Å². The number of primary amides is 1. The topological polar surface area (TPSA) is 204 Å². The third-order valence-electron chi connectivity index (χ3n) is 6.15. The third-order valence-corrected chi connectivity index (χ3v) is 7.79. The van der Waals surface area contributed by atoms with Crippen molar-refractivity contribution in [2.75, 3.05) is 29.7 Å². The largest absolute Gasteiger partial charge is 0.489 e. The van der Waals surface area contributed by atoms with Crippen molar-refractivity contribution < 1.29 is 27.9 Å². The molecule has 1 fully saturated rings. The summed E-state index contributed by atoms with van der Waals surface area (Å²) in [7, 11) is -4.34. The lowest BCUT2D eigenvalue weighted by Gasteiger charge is -2.33. The Balaban J connectivity index is 0.00000420. The van der Waals surface area contributed by atoms with E-state index >= 15 is 0 Å². The van der Waals surface area contributed by atoms with Crippen molar-refractivity contribution in [2.24, 2.45) is 11.5 Å². The molecule has 2 aromatic rings. The van der Waals surface area contributed by atoms with Gasteiger partial charge in [0.05, 0.1) is 23.6 Å². The number of rotatable bonds is 11. The Hall–Kier alpha value is -3.81. The Kier molecular flexibility index (Phi) is 13.1. The van der Waals surface area contributed by atoms with Crippen molar-refractivity contribution in [3.63, 3.8) is 0 Å². The molecule has 0 saturated carbocycles. The number of amides is 1. The van der Waals surface area contributed by atoms with Gasteiger partial charge in [-0.25, -0.2) is 8.42 Å². The minimum Gasteiger partial charge on any atom is -0.489 e. The van der Waals surface area contributed by atoms with Crippen LogP contribution in [0.1, 0.15) is 41.3 Å². The highest BCUT2D eigenvalue weighted by Crippen LogP contribution is 2.29. The van der Waals surface area contributed by atoms with Crippen LogP contribution in [0.2, 0.25) is 0 Å². The summed E-state index contributed by atoms with van der Waals surface area (Å²) in [4.78, 5) is 25.5. The minimum absolute atomic E-state index is 0. The molecule has 41 heavy (non-hydrogen) atoms. The maximum atomic E-state index is 13.0. The molecule has 224 valence electrons. The molecule has 1 aliphatic rings. The zero-order valence-corrected chi connectivity index (χ0v) is 24.7. The van der Waals surface area contributed by atoms with E-state index in [1.165, 1.54) is 24.3 Å². The lowest BCUT2D eigenvalue weighted by molar-refractivity contribution is -0.134. The van der Waals surface area contributed by atoms with Crippen LogP contribution < -0.4 is 20.5 Å². The molecular formula is C26H34Cl2N6O6S. The SMILES string of the molecule is CC(=N)N1CCC(Oc2ccc(N(C/C=C/c3cccc(C(=N)N)c3)S(=O)(=O)CC(=O)O)cc2C(N)=O)CC1.Cl.Cl. The van der Waals surface area contributed by atoms with Crippen LogP contribution in [0.25, 0.3) is 6.08 Å². The first kappa shape index (κ1) is 35.2. The molecule has 1 saturated heterocycles. The highest BCUT2D eigenvalue weighted by Gasteiger charge is 2.27. The maximum Gasteiger partial charge on any atom is 0.320 e. The number of likely N-dealkylation sites (tertiary alicyclic amines) is 1. The number of nitrogen functional groups attached to an aromatic ring is 1. The molecule has 0 unspecified atom stereocenters. The predicted molar refractivity (Wildman–Crippen MR) is 163 cm³/mol. The van der Waals surface area contributed by atoms with Gasteiger partial charge in [0.25, 0.3) is 5.91 Å². The number of carbonyl (C=O) groups excluding carboxylic acids is 1. The van der Waals surface area contributed by atoms with Crippen molar-refractivity contribution in [1.29, 1.82) is 10.8 Å². The van der Waals surface area contributed by atoms with Gasteiger partial charge in [-0.1, -0.05) is 30.4 Å². The number of anilines is 1. The van der Waals surface area contributed by atoms with Gasteiger partial charge in [0.15, 0.2) is 5.75 Å². The summed E-state index contributed by atoms with van der Waals surface area (Å²) >= 11 is 0. The molecular weight excluding hydrogens is 595 g/mol. The summed E-state index contributed by atoms with van der Waals surface area (Å²) in [5, 5.41) is 24.5. The summed E-state index contributed by atoms with van der Waals surface area (Å²) in [5.74, 6) is -2.96. The van der Waals surface area contributed by atoms with Gasteiger partial charge in [0.1, 0.15) is 17.7 Å². The van der Waals surface area contributed by atoms with Gasteiger partial charge >= 0.3 is 5.97 Å². The Morgan fingerprint density at radius 3 is 2.34 bits per heavy atom. The van der Waals surface area contributed by atoms with Crippen molar-refractivity contribution >= 4 is 70.1 Å². The van der Waals surface area contributed by atoms with E-state index in [2.05, 4.69) is 0 Å². The quantitative estimate of drug-likeness (QED) is 0.184. The Bertz CT molecular complexity index is 1410. The highest BCUT2D eigenvalue weighted by molar-refractivity contribution is 7.93. The van der Waals surface area contributed by atoms with Crippen LogP contribution >= 0.6 is 24.8 Å². The van der Waals surface area contributed by atoms with Crippen LogP contribution in [0.3, 0.4) is 0 Å². The second kappa shape index (κ2) is 15.3. The number of halogens is 2. The van der Waals surface area contributed by atoms with E-state index in [1.54, 1.807) is 37.3 Å². The fraction of sp³-hybridized carbons (Fsp3) is 0.308. The van der Waals surface area contributed by atoms with Crippen LogP contribution in [0.4, 0.5) is 5.69 Å². The van der Waals surface area contributed by atoms with Crippen LogP contribution in [0, 0.1) is 10.8 Å². The number of nitrogens with two attached hydrogens (primary N) is 2. The molecule has 7 N–H and O–H groups in total. The molecule has 0 aliphatic carbocycles. The van der Waals surface area contributed by atoms with Crippen molar-refractivity contribution in [3.8, 4) is 5.75 Å². The number of sulfonamides is 1. The van der Waals surface area contributed by atoms with Crippen molar-refractivity contribution in [3.05, 3.63) is 65.2 Å². The molecule has 15 heteroatoms. The molecule has 0 bridgehead atoms. The number of ether oxygens (including phenoxy) is 1. The van der Waals surface area contributed by atoms with E-state index in [0.717, 1.165) is 4.31 Å². The molecule has 0 radical (unpaired) electrons. The molecule has 1 amide bonds. The second-order valence-electron chi connectivity index (χ2n) is 9.06. The molecule has 1 heterocycles. The number of hydrogen-bond donors (Lipinski definition) is 5. The summed E-state index contributed by atoms with van der Waals surface area (Å²) in [6, 6.07) is 10.9. The van der Waals surface area contributed by atoms with Crippen LogP contribution in [0.5, 0.6) is 5.75 Å². The predicted octanol–water partition coefficient (Wildman–Crippen LogP) is 2.69. The molecule has 0 aromatic heterocycles. The smallest absolute Gasteiger partial charge is 0.320 e. The Labute approximate surface area is 251 Å². The van der Waals surface area contributed by atoms with Gasteiger partial charge < -0.3 is 26.2 Å². The number of carboxylic acid groups (broad SMARTS) is 1. The molecule has 3 rings (SSSR count). The molecule has 0 atom stereocenters. The third kappa shape index (κ3) is 9.66. The molecule has 1 aliphatic heterocycles. The van der Waals surface area contributed by atoms with E-state index in [0.29, 0.717) is 42.9 Å². The van der Waals surface area contributed by atoms with Crippen molar-refractivity contribution in [1.82, 2.24) is 4.90 Å². The van der Waals surface area contributed by atoms with E-state index in [4.69, 9.17) is 27.0 Å². The van der Waals surface area contributed by atoms with E-state index in [1.807, 2.05) is 4.90 Å². The second-order valence-corrected chi connectivity index (χ2v) is 11.0. The number of aliphatic carboxylic acids is 1. The first-order valence-electron chi connectivity index (χ1n) is 12.1. The number of nitrogens with zero attached hydrogens (tertiary/aromatic N) is 2. The van der Waals surface area contributed by atoms with Gasteiger partial charge in [-0.15, -0.1) is 24.8 Å². The minimum atomic E-state index is -4.34. The lowest BCUT2D eigenvalue weighted by Crippen LogP contribution is -2.40. The maximum absolute atomic E-state index is 13.0. The molecule has 2 aromatic carbocycles. The van der Waals surface area contributed by atoms with E-state index < -0.39 is 27.7 Å². The summed E-state index contributed by atoms with van der Waals surface area (Å²) in [6.07, 6.45) is 4.18. The lowest BCUT2D eigenvalue weighted by atomic mass is 10.1. The summed E-state index contributed by atoms with van der Waals surface area (Å²) < 4.78 is 32.9. The first-order chi connectivity index (χ1) is 18.4.